The summed E-state index contributed by atoms with van der Waals surface area (Å²) in [6.07, 6.45) is 8.61. The van der Waals surface area contributed by atoms with Crippen molar-refractivity contribution in [1.82, 2.24) is 0 Å². The molecule has 0 radical (unpaired) electrons. The molecule has 0 saturated heterocycles. The maximum atomic E-state index is 14.0. The van der Waals surface area contributed by atoms with Gasteiger partial charge in [-0.1, -0.05) is 18.6 Å². The number of rotatable bonds is 2. The highest BCUT2D eigenvalue weighted by molar-refractivity contribution is 5.66. The zero-order valence-corrected chi connectivity index (χ0v) is 15.5. The largest absolute Gasteiger partial charge is 0.462 e. The predicted molar refractivity (Wildman–Crippen MR) is 93.6 cm³/mol. The summed E-state index contributed by atoms with van der Waals surface area (Å²) in [5, 5.41) is 10.3. The normalized spacial score (nSPS) is 48.8. The van der Waals surface area contributed by atoms with E-state index in [-0.39, 0.29) is 29.5 Å². The third-order valence-electron chi connectivity index (χ3n) is 8.27. The molecule has 25 heavy (non-hydrogen) atoms. The summed E-state index contributed by atoms with van der Waals surface area (Å²) in [6.45, 7) is 3.97. The van der Waals surface area contributed by atoms with Gasteiger partial charge in [-0.3, -0.25) is 4.79 Å². The molecule has 4 heteroatoms. The number of halogens is 1. The molecule has 4 aliphatic rings. The van der Waals surface area contributed by atoms with Gasteiger partial charge in [0.05, 0.1) is 6.61 Å². The molecule has 0 aromatic rings. The number of aliphatic hydroxyl groups is 1. The number of hydrogen-bond acceptors (Lipinski definition) is 3. The molecular formula is C21H31FO3. The highest BCUT2D eigenvalue weighted by Crippen LogP contribution is 2.65. The summed E-state index contributed by atoms with van der Waals surface area (Å²) in [6, 6.07) is 0. The first kappa shape index (κ1) is 17.5. The summed E-state index contributed by atoms with van der Waals surface area (Å²) < 4.78 is 19.6. The van der Waals surface area contributed by atoms with Crippen LogP contribution < -0.4 is 0 Å². The number of allylic oxidation sites excluding steroid dienone is 1. The maximum absolute atomic E-state index is 14.0. The number of fused-ring (bicyclic) bond motifs is 5. The van der Waals surface area contributed by atoms with Gasteiger partial charge in [-0.2, -0.15) is 0 Å². The molecule has 0 amide bonds. The summed E-state index contributed by atoms with van der Waals surface area (Å²) >= 11 is 0. The summed E-state index contributed by atoms with van der Waals surface area (Å²) in [7, 11) is 0. The summed E-state index contributed by atoms with van der Waals surface area (Å²) in [4.78, 5) is 11.5. The van der Waals surface area contributed by atoms with Gasteiger partial charge in [0.15, 0.2) is 0 Å². The minimum atomic E-state index is -0.740. The summed E-state index contributed by atoms with van der Waals surface area (Å²) in [5.41, 5.74) is 1.06. The zero-order chi connectivity index (χ0) is 17.8. The molecule has 0 heterocycles. The average Bonchev–Trinajstić information content (AvgIpc) is 2.90. The fourth-order valence-electron chi connectivity index (χ4n) is 7.05. The van der Waals surface area contributed by atoms with Gasteiger partial charge in [0, 0.05) is 24.2 Å². The van der Waals surface area contributed by atoms with Crippen LogP contribution in [0.1, 0.15) is 65.2 Å². The van der Waals surface area contributed by atoms with Gasteiger partial charge in [0.25, 0.3) is 0 Å². The molecule has 7 atom stereocenters. The van der Waals surface area contributed by atoms with E-state index < -0.39 is 6.17 Å². The molecule has 0 aliphatic heterocycles. The number of carbonyl (C=O) groups is 1. The Bertz CT molecular complexity index is 588. The van der Waals surface area contributed by atoms with E-state index in [1.54, 1.807) is 0 Å². The fraction of sp³-hybridized carbons (Fsp3) is 0.857. The molecule has 3 saturated carbocycles. The Hall–Kier alpha value is -0.900. The monoisotopic (exact) mass is 350 g/mol. The Labute approximate surface area is 150 Å². The van der Waals surface area contributed by atoms with Crippen LogP contribution in [0.15, 0.2) is 11.6 Å². The van der Waals surface area contributed by atoms with Crippen molar-refractivity contribution in [3.63, 3.8) is 0 Å². The molecule has 0 spiro atoms. The first-order valence-electron chi connectivity index (χ1n) is 10.0. The lowest BCUT2D eigenvalue weighted by molar-refractivity contribution is -0.157. The Morgan fingerprint density at radius 2 is 2.08 bits per heavy atom. The number of aliphatic hydroxyl groups excluding tert-OH is 1. The molecule has 3 fully saturated rings. The van der Waals surface area contributed by atoms with Crippen molar-refractivity contribution in [2.24, 2.45) is 28.6 Å². The third-order valence-corrected chi connectivity index (χ3v) is 8.27. The lowest BCUT2D eigenvalue weighted by Crippen LogP contribution is -2.53. The van der Waals surface area contributed by atoms with Gasteiger partial charge < -0.3 is 9.84 Å². The predicted octanol–water partition coefficient (Wildman–Crippen LogP) is 4.19. The van der Waals surface area contributed by atoms with Crippen LogP contribution in [-0.2, 0) is 9.53 Å². The van der Waals surface area contributed by atoms with E-state index in [9.17, 15) is 14.3 Å². The van der Waals surface area contributed by atoms with Crippen LogP contribution in [0, 0.1) is 28.6 Å². The van der Waals surface area contributed by atoms with Gasteiger partial charge >= 0.3 is 5.97 Å². The molecule has 4 rings (SSSR count). The van der Waals surface area contributed by atoms with Gasteiger partial charge in [-0.05, 0) is 62.7 Å². The Kier molecular flexibility index (Phi) is 4.25. The number of esters is 1. The molecule has 0 bridgehead atoms. The highest BCUT2D eigenvalue weighted by Gasteiger charge is 2.60. The van der Waals surface area contributed by atoms with Crippen molar-refractivity contribution in [3.8, 4) is 0 Å². The van der Waals surface area contributed by atoms with Crippen LogP contribution in [0.25, 0.3) is 0 Å². The molecule has 0 unspecified atom stereocenters. The second-order valence-electron chi connectivity index (χ2n) is 9.22. The number of carbonyl (C=O) groups excluding carboxylic acids is 1. The van der Waals surface area contributed by atoms with E-state index >= 15 is 0 Å². The van der Waals surface area contributed by atoms with E-state index in [1.807, 2.05) is 0 Å². The number of hydrogen-bond donors (Lipinski definition) is 1. The second-order valence-corrected chi connectivity index (χ2v) is 9.22. The topological polar surface area (TPSA) is 46.5 Å². The number of ether oxygens (including phenoxy) is 1. The van der Waals surface area contributed by atoms with Crippen molar-refractivity contribution in [2.75, 3.05) is 6.61 Å². The van der Waals surface area contributed by atoms with Gasteiger partial charge in [0.1, 0.15) is 12.3 Å². The maximum Gasteiger partial charge on any atom is 0.302 e. The smallest absolute Gasteiger partial charge is 0.302 e. The number of alkyl halides is 1. The van der Waals surface area contributed by atoms with Crippen molar-refractivity contribution in [2.45, 2.75) is 77.5 Å². The molecule has 0 aromatic carbocycles. The highest BCUT2D eigenvalue weighted by atomic mass is 19.1. The van der Waals surface area contributed by atoms with Crippen LogP contribution in [0.4, 0.5) is 4.39 Å². The minimum absolute atomic E-state index is 0.0352. The van der Waals surface area contributed by atoms with E-state index in [4.69, 9.17) is 4.74 Å². The minimum Gasteiger partial charge on any atom is -0.462 e. The Morgan fingerprint density at radius 3 is 2.80 bits per heavy atom. The first-order valence-corrected chi connectivity index (χ1v) is 10.0. The average molecular weight is 350 g/mol. The zero-order valence-electron chi connectivity index (χ0n) is 15.5. The van der Waals surface area contributed by atoms with Gasteiger partial charge in [-0.25, -0.2) is 4.39 Å². The van der Waals surface area contributed by atoms with Crippen molar-refractivity contribution >= 4 is 5.97 Å². The molecule has 4 aliphatic carbocycles. The van der Waals surface area contributed by atoms with Crippen LogP contribution >= 0.6 is 0 Å². The fourth-order valence-corrected chi connectivity index (χ4v) is 7.05. The third kappa shape index (κ3) is 2.50. The molecular weight excluding hydrogens is 319 g/mol. The Balaban J connectivity index is 1.64. The van der Waals surface area contributed by atoms with Crippen LogP contribution in [0.5, 0.6) is 0 Å². The lowest BCUT2D eigenvalue weighted by atomic mass is 9.47. The van der Waals surface area contributed by atoms with Crippen molar-refractivity contribution in [3.05, 3.63) is 11.6 Å². The van der Waals surface area contributed by atoms with Crippen LogP contribution in [0.3, 0.4) is 0 Å². The first-order chi connectivity index (χ1) is 11.9. The van der Waals surface area contributed by atoms with Crippen molar-refractivity contribution < 1.29 is 19.0 Å². The van der Waals surface area contributed by atoms with Gasteiger partial charge in [-0.15, -0.1) is 0 Å². The summed E-state index contributed by atoms with van der Waals surface area (Å²) in [5.74, 6) is 1.36. The second kappa shape index (κ2) is 6.07. The lowest BCUT2D eigenvalue weighted by Gasteiger charge is -2.58. The quantitative estimate of drug-likeness (QED) is 0.600. The standard InChI is InChI=1S/C21H31FO3/c1-13(24)25-19-6-5-17-16-4-3-14-11-15(22)7-10-21(14,12-23)18(16)8-9-20(17,19)2/h3,15-19,23H,4-12H2,1-2H3/t15-,16-,17-,18-,19-,20-,21+/m0/s1. The van der Waals surface area contributed by atoms with Crippen LogP contribution in [0.2, 0.25) is 0 Å². The van der Waals surface area contributed by atoms with E-state index in [0.717, 1.165) is 38.5 Å². The molecule has 1 N–H and O–H groups in total. The molecule has 0 aromatic heterocycles. The van der Waals surface area contributed by atoms with Crippen LogP contribution in [-0.4, -0.2) is 30.0 Å². The molecule has 3 nitrogen and oxygen atoms in total. The molecule has 140 valence electrons. The van der Waals surface area contributed by atoms with E-state index in [2.05, 4.69) is 13.0 Å². The van der Waals surface area contributed by atoms with Crippen molar-refractivity contribution in [1.29, 1.82) is 0 Å². The van der Waals surface area contributed by atoms with E-state index in [1.165, 1.54) is 12.5 Å². The van der Waals surface area contributed by atoms with Gasteiger partial charge in [0.2, 0.25) is 0 Å². The SMILES string of the molecule is CC(=O)O[C@H]1CC[C@H]2[C@@H]3CC=C4C[C@@H](F)CC[C@]4(CO)[C@H]3CC[C@]12C. The van der Waals surface area contributed by atoms with E-state index in [0.29, 0.717) is 30.6 Å². The Morgan fingerprint density at radius 1 is 1.28 bits per heavy atom.